The van der Waals surface area contributed by atoms with Gasteiger partial charge in [-0.25, -0.2) is 9.97 Å². The quantitative estimate of drug-likeness (QED) is 0.780. The van der Waals surface area contributed by atoms with Gasteiger partial charge in [0.1, 0.15) is 30.5 Å². The van der Waals surface area contributed by atoms with E-state index < -0.39 is 0 Å². The van der Waals surface area contributed by atoms with Crippen molar-refractivity contribution < 1.29 is 0 Å². The summed E-state index contributed by atoms with van der Waals surface area (Å²) in [6, 6.07) is 4.05. The molecule has 0 aliphatic heterocycles. The molecule has 0 saturated heterocycles. The Morgan fingerprint density at radius 1 is 1.22 bits per heavy atom. The number of aryl methyl sites for hydroxylation is 1. The topological polar surface area (TPSA) is 103 Å². The van der Waals surface area contributed by atoms with E-state index >= 15 is 0 Å². The van der Waals surface area contributed by atoms with Crippen molar-refractivity contribution in [2.45, 2.75) is 26.7 Å². The molecule has 0 spiro atoms. The maximum absolute atomic E-state index is 8.78. The Hall–Kier alpha value is -2.34. The molecule has 6 heteroatoms. The van der Waals surface area contributed by atoms with Crippen LogP contribution in [0, 0.1) is 29.6 Å². The highest BCUT2D eigenvalue weighted by atomic mass is 15.2. The fraction of sp³-hybridized carbons (Fsp3) is 0.500. The van der Waals surface area contributed by atoms with Gasteiger partial charge >= 0.3 is 0 Å². The zero-order valence-corrected chi connectivity index (χ0v) is 10.6. The number of nitriles is 2. The first-order valence-electron chi connectivity index (χ1n) is 5.75. The van der Waals surface area contributed by atoms with E-state index in [2.05, 4.69) is 9.97 Å². The van der Waals surface area contributed by atoms with Crippen molar-refractivity contribution in [1.29, 1.82) is 10.5 Å². The molecule has 1 aromatic heterocycles. The van der Waals surface area contributed by atoms with Gasteiger partial charge < -0.3 is 10.6 Å². The van der Waals surface area contributed by atoms with Crippen LogP contribution in [0.3, 0.4) is 0 Å². The molecular weight excluding hydrogens is 228 g/mol. The molecule has 1 rings (SSSR count). The summed E-state index contributed by atoms with van der Waals surface area (Å²) in [6.45, 7) is 4.04. The van der Waals surface area contributed by atoms with E-state index in [0.717, 1.165) is 12.8 Å². The van der Waals surface area contributed by atoms with Gasteiger partial charge in [-0.05, 0) is 13.3 Å². The minimum absolute atomic E-state index is 0.108. The highest BCUT2D eigenvalue weighted by Gasteiger charge is 2.14. The van der Waals surface area contributed by atoms with E-state index in [4.69, 9.17) is 16.3 Å². The van der Waals surface area contributed by atoms with E-state index in [1.165, 1.54) is 0 Å². The fourth-order valence-electron chi connectivity index (χ4n) is 1.59. The van der Waals surface area contributed by atoms with Crippen LogP contribution in [-0.4, -0.2) is 23.1 Å². The summed E-state index contributed by atoms with van der Waals surface area (Å²) in [4.78, 5) is 10.2. The summed E-state index contributed by atoms with van der Waals surface area (Å²) in [6.07, 6.45) is 1.64. The van der Waals surface area contributed by atoms with Gasteiger partial charge in [-0.2, -0.15) is 10.5 Å². The second kappa shape index (κ2) is 6.41. The van der Waals surface area contributed by atoms with Crippen molar-refractivity contribution in [2.24, 2.45) is 0 Å². The SMILES string of the molecule is CCCc1nc(N)c(C)c(N(CC#N)CC#N)n1. The van der Waals surface area contributed by atoms with Crippen LogP contribution >= 0.6 is 0 Å². The lowest BCUT2D eigenvalue weighted by Crippen LogP contribution is -2.27. The van der Waals surface area contributed by atoms with Crippen LogP contribution in [0.4, 0.5) is 11.6 Å². The second-order valence-corrected chi connectivity index (χ2v) is 3.90. The predicted molar refractivity (Wildman–Crippen MR) is 68.6 cm³/mol. The van der Waals surface area contributed by atoms with Crippen LogP contribution in [0.25, 0.3) is 0 Å². The van der Waals surface area contributed by atoms with Crippen LogP contribution < -0.4 is 10.6 Å². The Morgan fingerprint density at radius 3 is 2.33 bits per heavy atom. The molecular formula is C12H16N6. The number of nitrogens with two attached hydrogens (primary N) is 1. The number of hydrogen-bond acceptors (Lipinski definition) is 6. The lowest BCUT2D eigenvalue weighted by molar-refractivity contribution is 0.815. The summed E-state index contributed by atoms with van der Waals surface area (Å²) in [7, 11) is 0. The first-order valence-corrected chi connectivity index (χ1v) is 5.75. The highest BCUT2D eigenvalue weighted by molar-refractivity contribution is 5.57. The van der Waals surface area contributed by atoms with E-state index in [0.29, 0.717) is 23.0 Å². The van der Waals surface area contributed by atoms with Gasteiger partial charge in [-0.1, -0.05) is 6.92 Å². The Balaban J connectivity index is 3.19. The van der Waals surface area contributed by atoms with Crippen LogP contribution in [0.15, 0.2) is 0 Å². The van der Waals surface area contributed by atoms with Crippen molar-refractivity contribution >= 4 is 11.6 Å². The highest BCUT2D eigenvalue weighted by Crippen LogP contribution is 2.21. The third-order valence-corrected chi connectivity index (χ3v) is 2.50. The van der Waals surface area contributed by atoms with Crippen molar-refractivity contribution in [2.75, 3.05) is 23.7 Å². The molecule has 1 aromatic rings. The molecule has 1 heterocycles. The number of hydrogen-bond donors (Lipinski definition) is 1. The van der Waals surface area contributed by atoms with Gasteiger partial charge in [0.25, 0.3) is 0 Å². The normalized spacial score (nSPS) is 9.56. The van der Waals surface area contributed by atoms with Gasteiger partial charge in [0, 0.05) is 12.0 Å². The third-order valence-electron chi connectivity index (χ3n) is 2.50. The van der Waals surface area contributed by atoms with Crippen LogP contribution in [0.2, 0.25) is 0 Å². The van der Waals surface area contributed by atoms with Gasteiger partial charge in [0.2, 0.25) is 0 Å². The van der Waals surface area contributed by atoms with E-state index in [-0.39, 0.29) is 13.1 Å². The summed E-state index contributed by atoms with van der Waals surface area (Å²) in [5, 5.41) is 17.6. The summed E-state index contributed by atoms with van der Waals surface area (Å²) >= 11 is 0. The second-order valence-electron chi connectivity index (χ2n) is 3.90. The molecule has 0 fully saturated rings. The molecule has 18 heavy (non-hydrogen) atoms. The Morgan fingerprint density at radius 2 is 1.83 bits per heavy atom. The van der Waals surface area contributed by atoms with Gasteiger partial charge in [-0.15, -0.1) is 0 Å². The molecule has 0 amide bonds. The smallest absolute Gasteiger partial charge is 0.139 e. The van der Waals surface area contributed by atoms with Crippen molar-refractivity contribution in [3.8, 4) is 12.1 Å². The van der Waals surface area contributed by atoms with E-state index in [9.17, 15) is 0 Å². The maximum Gasteiger partial charge on any atom is 0.139 e. The summed E-state index contributed by atoms with van der Waals surface area (Å²) < 4.78 is 0. The predicted octanol–water partition coefficient (Wildman–Crippen LogP) is 1.17. The molecule has 0 radical (unpaired) electrons. The monoisotopic (exact) mass is 244 g/mol. The molecule has 0 aliphatic carbocycles. The lowest BCUT2D eigenvalue weighted by Gasteiger charge is -2.20. The maximum atomic E-state index is 8.78. The Labute approximate surface area is 107 Å². The number of nitrogens with zero attached hydrogens (tertiary/aromatic N) is 5. The lowest BCUT2D eigenvalue weighted by atomic mass is 10.2. The molecule has 0 aliphatic rings. The van der Waals surface area contributed by atoms with Crippen molar-refractivity contribution in [1.82, 2.24) is 9.97 Å². The van der Waals surface area contributed by atoms with Crippen molar-refractivity contribution in [3.05, 3.63) is 11.4 Å². The molecule has 0 aromatic carbocycles. The first-order chi connectivity index (χ1) is 8.63. The molecule has 6 nitrogen and oxygen atoms in total. The van der Waals surface area contributed by atoms with Gasteiger partial charge in [0.15, 0.2) is 0 Å². The van der Waals surface area contributed by atoms with Gasteiger partial charge in [0.05, 0.1) is 12.1 Å². The number of aromatic nitrogens is 2. The van der Waals surface area contributed by atoms with E-state index in [1.54, 1.807) is 11.8 Å². The summed E-state index contributed by atoms with van der Waals surface area (Å²) in [5.41, 5.74) is 6.55. The number of anilines is 2. The zero-order chi connectivity index (χ0) is 13.5. The average Bonchev–Trinajstić information content (AvgIpc) is 2.34. The molecule has 0 unspecified atom stereocenters. The Kier molecular flexibility index (Phi) is 4.89. The summed E-state index contributed by atoms with van der Waals surface area (Å²) in [5.74, 6) is 1.63. The Bertz CT molecular complexity index is 481. The number of rotatable bonds is 5. The zero-order valence-electron chi connectivity index (χ0n) is 10.6. The molecule has 0 bridgehead atoms. The largest absolute Gasteiger partial charge is 0.383 e. The van der Waals surface area contributed by atoms with Crippen LogP contribution in [0.1, 0.15) is 24.7 Å². The standard InChI is InChI=1S/C12H16N6/c1-3-4-10-16-11(15)9(2)12(17-10)18(7-5-13)8-6-14/h3-4,7-8H2,1-2H3,(H2,15,16,17). The first kappa shape index (κ1) is 13.7. The fourth-order valence-corrected chi connectivity index (χ4v) is 1.59. The minimum atomic E-state index is 0.108. The van der Waals surface area contributed by atoms with E-state index in [1.807, 2.05) is 19.1 Å². The molecule has 2 N–H and O–H groups in total. The molecule has 94 valence electrons. The molecule has 0 atom stereocenters. The van der Waals surface area contributed by atoms with Crippen LogP contribution in [0.5, 0.6) is 0 Å². The number of nitrogen functional groups attached to an aromatic ring is 1. The average molecular weight is 244 g/mol. The minimum Gasteiger partial charge on any atom is -0.383 e. The van der Waals surface area contributed by atoms with Crippen LogP contribution in [-0.2, 0) is 6.42 Å². The van der Waals surface area contributed by atoms with Crippen molar-refractivity contribution in [3.63, 3.8) is 0 Å². The van der Waals surface area contributed by atoms with Gasteiger partial charge in [-0.3, -0.25) is 0 Å². The third kappa shape index (κ3) is 3.08. The molecule has 0 saturated carbocycles.